The van der Waals surface area contributed by atoms with Crippen LogP contribution in [-0.4, -0.2) is 31.2 Å². The van der Waals surface area contributed by atoms with Gasteiger partial charge in [0.2, 0.25) is 0 Å². The highest BCUT2D eigenvalue weighted by Crippen LogP contribution is 2.40. The Labute approximate surface area is 66.3 Å². The quantitative estimate of drug-likeness (QED) is 0.558. The third-order valence-corrected chi connectivity index (χ3v) is 2.80. The Balaban J connectivity index is 2.06. The summed E-state index contributed by atoms with van der Waals surface area (Å²) in [4.78, 5) is 0. The van der Waals surface area contributed by atoms with Gasteiger partial charge >= 0.3 is 0 Å². The second-order valence-electron chi connectivity index (χ2n) is 3.59. The highest BCUT2D eigenvalue weighted by atomic mass is 16.7. The predicted molar refractivity (Wildman–Crippen MR) is 39.1 cm³/mol. The van der Waals surface area contributed by atoms with Crippen molar-refractivity contribution in [2.75, 3.05) is 20.0 Å². The van der Waals surface area contributed by atoms with Crippen LogP contribution in [0.2, 0.25) is 0 Å². The number of ether oxygens (including phenoxy) is 2. The van der Waals surface area contributed by atoms with Gasteiger partial charge in [0, 0.05) is 5.41 Å². The van der Waals surface area contributed by atoms with Crippen molar-refractivity contribution >= 4 is 0 Å². The van der Waals surface area contributed by atoms with Crippen LogP contribution >= 0.6 is 0 Å². The molecule has 64 valence electrons. The molecule has 1 atom stereocenters. The molecule has 2 fully saturated rings. The van der Waals surface area contributed by atoms with Crippen molar-refractivity contribution in [2.45, 2.75) is 25.4 Å². The molecule has 1 aliphatic heterocycles. The topological polar surface area (TPSA) is 38.7 Å². The number of aliphatic hydroxyl groups excluding tert-OH is 1. The fraction of sp³-hybridized carbons (Fsp3) is 1.00. The van der Waals surface area contributed by atoms with E-state index in [-0.39, 0.29) is 11.5 Å². The average molecular weight is 158 g/mol. The van der Waals surface area contributed by atoms with Crippen LogP contribution in [0.15, 0.2) is 0 Å². The van der Waals surface area contributed by atoms with Gasteiger partial charge in [-0.2, -0.15) is 0 Å². The lowest BCUT2D eigenvalue weighted by Crippen LogP contribution is -2.43. The minimum Gasteiger partial charge on any atom is -0.392 e. The summed E-state index contributed by atoms with van der Waals surface area (Å²) in [5, 5.41) is 9.64. The second kappa shape index (κ2) is 2.73. The molecule has 0 amide bonds. The van der Waals surface area contributed by atoms with Crippen molar-refractivity contribution < 1.29 is 14.6 Å². The largest absolute Gasteiger partial charge is 0.392 e. The summed E-state index contributed by atoms with van der Waals surface area (Å²) in [6, 6.07) is 0. The van der Waals surface area contributed by atoms with Crippen molar-refractivity contribution in [1.82, 2.24) is 0 Å². The van der Waals surface area contributed by atoms with E-state index in [2.05, 4.69) is 0 Å². The van der Waals surface area contributed by atoms with E-state index in [4.69, 9.17) is 9.47 Å². The Morgan fingerprint density at radius 2 is 2.00 bits per heavy atom. The van der Waals surface area contributed by atoms with E-state index >= 15 is 0 Å². The molecule has 1 saturated carbocycles. The third-order valence-electron chi connectivity index (χ3n) is 2.80. The van der Waals surface area contributed by atoms with Crippen LogP contribution in [-0.2, 0) is 9.47 Å². The molecule has 3 heteroatoms. The molecule has 1 spiro atoms. The number of hydrogen-bond donors (Lipinski definition) is 1. The molecule has 0 bridgehead atoms. The summed E-state index contributed by atoms with van der Waals surface area (Å²) >= 11 is 0. The molecule has 1 unspecified atom stereocenters. The first-order valence-corrected chi connectivity index (χ1v) is 4.17. The molecule has 2 aliphatic rings. The van der Waals surface area contributed by atoms with Crippen molar-refractivity contribution in [3.8, 4) is 0 Å². The Hall–Kier alpha value is -0.120. The molecular formula is C8H14O3. The van der Waals surface area contributed by atoms with Crippen LogP contribution in [0.25, 0.3) is 0 Å². The first-order valence-electron chi connectivity index (χ1n) is 4.17. The monoisotopic (exact) mass is 158 g/mol. The van der Waals surface area contributed by atoms with Gasteiger partial charge in [-0.3, -0.25) is 0 Å². The summed E-state index contributed by atoms with van der Waals surface area (Å²) in [7, 11) is 0. The van der Waals surface area contributed by atoms with Crippen LogP contribution in [0.5, 0.6) is 0 Å². The fourth-order valence-electron chi connectivity index (χ4n) is 2.05. The SMILES string of the molecule is OC1CCCC12COCOC2. The van der Waals surface area contributed by atoms with Gasteiger partial charge in [-0.1, -0.05) is 6.42 Å². The lowest BCUT2D eigenvalue weighted by Gasteiger charge is -2.35. The molecule has 1 saturated heterocycles. The first kappa shape index (κ1) is 7.53. The van der Waals surface area contributed by atoms with Crippen molar-refractivity contribution in [1.29, 1.82) is 0 Å². The van der Waals surface area contributed by atoms with Gasteiger partial charge in [0.25, 0.3) is 0 Å². The molecule has 1 N–H and O–H groups in total. The molecule has 1 heterocycles. The van der Waals surface area contributed by atoms with Crippen molar-refractivity contribution in [3.05, 3.63) is 0 Å². The lowest BCUT2D eigenvalue weighted by molar-refractivity contribution is -0.186. The van der Waals surface area contributed by atoms with Gasteiger partial charge in [-0.05, 0) is 12.8 Å². The van der Waals surface area contributed by atoms with E-state index in [9.17, 15) is 5.11 Å². The number of rotatable bonds is 0. The van der Waals surface area contributed by atoms with Gasteiger partial charge in [-0.25, -0.2) is 0 Å². The fourth-order valence-corrected chi connectivity index (χ4v) is 2.05. The molecule has 1 aliphatic carbocycles. The average Bonchev–Trinajstić information content (AvgIpc) is 2.36. The lowest BCUT2D eigenvalue weighted by atomic mass is 9.85. The summed E-state index contributed by atoms with van der Waals surface area (Å²) < 4.78 is 10.4. The zero-order valence-corrected chi connectivity index (χ0v) is 6.58. The maximum atomic E-state index is 9.64. The summed E-state index contributed by atoms with van der Waals surface area (Å²) in [5.74, 6) is 0. The third kappa shape index (κ3) is 1.17. The summed E-state index contributed by atoms with van der Waals surface area (Å²) in [6.07, 6.45) is 2.86. The van der Waals surface area contributed by atoms with Gasteiger partial charge in [-0.15, -0.1) is 0 Å². The van der Waals surface area contributed by atoms with Gasteiger partial charge in [0.1, 0.15) is 6.79 Å². The first-order chi connectivity index (χ1) is 5.33. The molecule has 0 aromatic heterocycles. The standard InChI is InChI=1S/C8H14O3/c9-7-2-1-3-8(7)4-10-6-11-5-8/h7,9H,1-6H2. The van der Waals surface area contributed by atoms with E-state index in [0.29, 0.717) is 20.0 Å². The highest BCUT2D eigenvalue weighted by molar-refractivity contribution is 4.92. The Kier molecular flexibility index (Phi) is 1.87. The van der Waals surface area contributed by atoms with E-state index in [1.165, 1.54) is 0 Å². The highest BCUT2D eigenvalue weighted by Gasteiger charge is 2.44. The Morgan fingerprint density at radius 1 is 1.27 bits per heavy atom. The predicted octanol–water partition coefficient (Wildman–Crippen LogP) is 0.522. The second-order valence-corrected chi connectivity index (χ2v) is 3.59. The van der Waals surface area contributed by atoms with E-state index in [0.717, 1.165) is 19.3 Å². The van der Waals surface area contributed by atoms with Crippen LogP contribution in [0.3, 0.4) is 0 Å². The smallest absolute Gasteiger partial charge is 0.146 e. The van der Waals surface area contributed by atoms with Crippen molar-refractivity contribution in [2.24, 2.45) is 5.41 Å². The Morgan fingerprint density at radius 3 is 2.55 bits per heavy atom. The van der Waals surface area contributed by atoms with E-state index in [1.54, 1.807) is 0 Å². The molecule has 2 rings (SSSR count). The van der Waals surface area contributed by atoms with Crippen LogP contribution in [0, 0.1) is 5.41 Å². The molecule has 0 aromatic rings. The van der Waals surface area contributed by atoms with E-state index < -0.39 is 0 Å². The maximum Gasteiger partial charge on any atom is 0.146 e. The van der Waals surface area contributed by atoms with Crippen LogP contribution < -0.4 is 0 Å². The molecular weight excluding hydrogens is 144 g/mol. The van der Waals surface area contributed by atoms with Crippen LogP contribution in [0.1, 0.15) is 19.3 Å². The molecule has 0 radical (unpaired) electrons. The summed E-state index contributed by atoms with van der Waals surface area (Å²) in [5.41, 5.74) is -0.0573. The summed E-state index contributed by atoms with van der Waals surface area (Å²) in [6.45, 7) is 1.75. The zero-order valence-electron chi connectivity index (χ0n) is 6.58. The maximum absolute atomic E-state index is 9.64. The number of hydrogen-bond acceptors (Lipinski definition) is 3. The number of aliphatic hydroxyl groups is 1. The minimum atomic E-state index is -0.206. The van der Waals surface area contributed by atoms with Gasteiger partial charge < -0.3 is 14.6 Å². The van der Waals surface area contributed by atoms with E-state index in [1.807, 2.05) is 0 Å². The zero-order chi connectivity index (χ0) is 7.73. The normalized spacial score (nSPS) is 36.3. The van der Waals surface area contributed by atoms with Gasteiger partial charge in [0.15, 0.2) is 0 Å². The minimum absolute atomic E-state index is 0.0573. The molecule has 0 aromatic carbocycles. The molecule has 3 nitrogen and oxygen atoms in total. The van der Waals surface area contributed by atoms with Crippen LogP contribution in [0.4, 0.5) is 0 Å². The van der Waals surface area contributed by atoms with Crippen molar-refractivity contribution in [3.63, 3.8) is 0 Å². The van der Waals surface area contributed by atoms with Gasteiger partial charge in [0.05, 0.1) is 19.3 Å². The molecule has 11 heavy (non-hydrogen) atoms. The Bertz CT molecular complexity index is 140.